The lowest BCUT2D eigenvalue weighted by Gasteiger charge is -2.30. The van der Waals surface area contributed by atoms with Crippen LogP contribution in [0.15, 0.2) is 30.3 Å². The van der Waals surface area contributed by atoms with Gasteiger partial charge in [-0.1, -0.05) is 82.2 Å². The average Bonchev–Trinajstić information content (AvgIpc) is 2.57. The summed E-state index contributed by atoms with van der Waals surface area (Å²) in [6.07, 6.45) is 11.1. The highest BCUT2D eigenvalue weighted by atomic mass is 16.9. The standard InChI is InChI=1S/C20H35N.HNO3/c1-5-6-7-8-9-10-14-17-20(18(2)21(3)4)19-15-12-11-13-16-19;2-1(3)4/h11-13,15-16,18,20H,5-10,14,17H2,1-4H3;(H,2,3,4). The van der Waals surface area contributed by atoms with Gasteiger partial charge in [-0.2, -0.15) is 0 Å². The fraction of sp³-hybridized carbons (Fsp3) is 0.700. The summed E-state index contributed by atoms with van der Waals surface area (Å²) in [7, 11) is 4.40. The van der Waals surface area contributed by atoms with Crippen molar-refractivity contribution in [3.63, 3.8) is 0 Å². The van der Waals surface area contributed by atoms with E-state index >= 15 is 0 Å². The van der Waals surface area contributed by atoms with Gasteiger partial charge in [0.2, 0.25) is 0 Å². The molecule has 0 aliphatic carbocycles. The molecule has 5 heteroatoms. The van der Waals surface area contributed by atoms with Crippen LogP contribution in [0.1, 0.15) is 76.7 Å². The Kier molecular flexibility index (Phi) is 13.7. The molecule has 0 aliphatic rings. The van der Waals surface area contributed by atoms with Crippen molar-refractivity contribution in [2.24, 2.45) is 0 Å². The second-order valence-electron chi connectivity index (χ2n) is 6.87. The highest BCUT2D eigenvalue weighted by molar-refractivity contribution is 5.21. The second-order valence-corrected chi connectivity index (χ2v) is 6.87. The summed E-state index contributed by atoms with van der Waals surface area (Å²) in [5.74, 6) is 0.664. The lowest BCUT2D eigenvalue weighted by molar-refractivity contribution is -0.742. The maximum Gasteiger partial charge on any atom is 0.291 e. The molecule has 1 N–H and O–H groups in total. The van der Waals surface area contributed by atoms with Gasteiger partial charge in [-0.25, -0.2) is 0 Å². The largest absolute Gasteiger partial charge is 0.328 e. The van der Waals surface area contributed by atoms with E-state index in [1.807, 2.05) is 0 Å². The summed E-state index contributed by atoms with van der Waals surface area (Å²) < 4.78 is 0. The third-order valence-electron chi connectivity index (χ3n) is 4.74. The van der Waals surface area contributed by atoms with Gasteiger partial charge in [0.1, 0.15) is 0 Å². The van der Waals surface area contributed by atoms with E-state index in [4.69, 9.17) is 15.3 Å². The molecule has 144 valence electrons. The predicted molar refractivity (Wildman–Crippen MR) is 104 cm³/mol. The lowest BCUT2D eigenvalue weighted by Crippen LogP contribution is -2.31. The Morgan fingerprint density at radius 3 is 2.00 bits per heavy atom. The topological polar surface area (TPSA) is 66.6 Å². The molecule has 0 fully saturated rings. The third-order valence-corrected chi connectivity index (χ3v) is 4.74. The molecule has 0 spiro atoms. The average molecular weight is 353 g/mol. The number of nitrogens with zero attached hydrogens (tertiary/aromatic N) is 2. The quantitative estimate of drug-likeness (QED) is 0.324. The van der Waals surface area contributed by atoms with Gasteiger partial charge in [0, 0.05) is 6.04 Å². The minimum Gasteiger partial charge on any atom is -0.328 e. The molecule has 0 bridgehead atoms. The van der Waals surface area contributed by atoms with E-state index in [0.29, 0.717) is 12.0 Å². The number of hydrogen-bond acceptors (Lipinski definition) is 3. The van der Waals surface area contributed by atoms with Crippen molar-refractivity contribution in [3.05, 3.63) is 46.0 Å². The van der Waals surface area contributed by atoms with Crippen molar-refractivity contribution < 1.29 is 10.3 Å². The van der Waals surface area contributed by atoms with Crippen LogP contribution in [-0.2, 0) is 0 Å². The Morgan fingerprint density at radius 2 is 1.52 bits per heavy atom. The van der Waals surface area contributed by atoms with Gasteiger partial charge in [0.05, 0.1) is 0 Å². The molecule has 1 aromatic rings. The zero-order chi connectivity index (χ0) is 19.1. The summed E-state index contributed by atoms with van der Waals surface area (Å²) in [6.45, 7) is 4.64. The zero-order valence-electron chi connectivity index (χ0n) is 16.4. The van der Waals surface area contributed by atoms with E-state index in [2.05, 4.69) is 63.2 Å². The number of likely N-dealkylation sites (N-methyl/N-ethyl adjacent to an activating group) is 1. The van der Waals surface area contributed by atoms with Gasteiger partial charge in [0.25, 0.3) is 5.09 Å². The van der Waals surface area contributed by atoms with E-state index in [1.54, 1.807) is 0 Å². The first-order valence-corrected chi connectivity index (χ1v) is 9.44. The van der Waals surface area contributed by atoms with Crippen LogP contribution in [0.4, 0.5) is 0 Å². The first-order valence-electron chi connectivity index (χ1n) is 9.44. The van der Waals surface area contributed by atoms with Crippen LogP contribution in [-0.4, -0.2) is 35.3 Å². The molecule has 0 radical (unpaired) electrons. The molecule has 1 aromatic carbocycles. The Bertz CT molecular complexity index is 434. The van der Waals surface area contributed by atoms with Crippen molar-refractivity contribution in [1.29, 1.82) is 0 Å². The van der Waals surface area contributed by atoms with E-state index in [-0.39, 0.29) is 0 Å². The molecular formula is C20H36N2O3. The fourth-order valence-electron chi connectivity index (χ4n) is 3.07. The molecule has 2 unspecified atom stereocenters. The molecule has 0 saturated carbocycles. The second kappa shape index (κ2) is 14.7. The van der Waals surface area contributed by atoms with Crippen LogP contribution in [0, 0.1) is 10.1 Å². The summed E-state index contributed by atoms with van der Waals surface area (Å²) in [5, 5.41) is 13.6. The van der Waals surface area contributed by atoms with Gasteiger partial charge in [-0.05, 0) is 38.9 Å². The number of benzene rings is 1. The van der Waals surface area contributed by atoms with Gasteiger partial charge < -0.3 is 10.1 Å². The highest BCUT2D eigenvalue weighted by Crippen LogP contribution is 2.28. The van der Waals surface area contributed by atoms with Crippen molar-refractivity contribution in [3.8, 4) is 0 Å². The molecule has 0 saturated heterocycles. The SMILES string of the molecule is CCCCCCCCCC(c1ccccc1)C(C)N(C)C.O=[N+]([O-])O. The molecule has 5 nitrogen and oxygen atoms in total. The van der Waals surface area contributed by atoms with Gasteiger partial charge in [0.15, 0.2) is 0 Å². The Morgan fingerprint density at radius 1 is 1.04 bits per heavy atom. The van der Waals surface area contributed by atoms with Crippen LogP contribution in [0.2, 0.25) is 0 Å². The summed E-state index contributed by atoms with van der Waals surface area (Å²) >= 11 is 0. The minimum absolute atomic E-state index is 0.604. The van der Waals surface area contributed by atoms with Crippen molar-refractivity contribution >= 4 is 0 Å². The molecule has 0 heterocycles. The smallest absolute Gasteiger partial charge is 0.291 e. The van der Waals surface area contributed by atoms with Crippen LogP contribution in [0.25, 0.3) is 0 Å². The zero-order valence-corrected chi connectivity index (χ0v) is 16.4. The molecule has 0 aromatic heterocycles. The number of hydrogen-bond donors (Lipinski definition) is 1. The molecule has 0 amide bonds. The van der Waals surface area contributed by atoms with Crippen LogP contribution < -0.4 is 0 Å². The van der Waals surface area contributed by atoms with Crippen molar-refractivity contribution in [1.82, 2.24) is 4.90 Å². The maximum atomic E-state index is 8.36. The van der Waals surface area contributed by atoms with E-state index in [9.17, 15) is 0 Å². The van der Waals surface area contributed by atoms with Crippen LogP contribution >= 0.6 is 0 Å². The number of rotatable bonds is 11. The van der Waals surface area contributed by atoms with Crippen molar-refractivity contribution in [2.45, 2.75) is 77.2 Å². The van der Waals surface area contributed by atoms with Crippen LogP contribution in [0.3, 0.4) is 0 Å². The van der Waals surface area contributed by atoms with Gasteiger partial charge in [-0.15, -0.1) is 10.1 Å². The molecular weight excluding hydrogens is 316 g/mol. The number of unbranched alkanes of at least 4 members (excludes halogenated alkanes) is 6. The summed E-state index contributed by atoms with van der Waals surface area (Å²) in [6, 6.07) is 11.7. The molecule has 0 aliphatic heterocycles. The predicted octanol–water partition coefficient (Wildman–Crippen LogP) is 5.51. The van der Waals surface area contributed by atoms with Gasteiger partial charge in [-0.3, -0.25) is 0 Å². The van der Waals surface area contributed by atoms with E-state index in [1.165, 1.54) is 56.9 Å². The monoisotopic (exact) mass is 352 g/mol. The van der Waals surface area contributed by atoms with Gasteiger partial charge >= 0.3 is 0 Å². The molecule has 2 atom stereocenters. The summed E-state index contributed by atoms with van der Waals surface area (Å²) in [5.41, 5.74) is 1.50. The third kappa shape index (κ3) is 12.4. The lowest BCUT2D eigenvalue weighted by atomic mass is 9.87. The Labute approximate surface area is 153 Å². The van der Waals surface area contributed by atoms with E-state index in [0.717, 1.165) is 0 Å². The highest BCUT2D eigenvalue weighted by Gasteiger charge is 2.20. The van der Waals surface area contributed by atoms with E-state index < -0.39 is 5.09 Å². The Hall–Kier alpha value is -1.62. The fourth-order valence-corrected chi connectivity index (χ4v) is 3.07. The maximum absolute atomic E-state index is 8.36. The Balaban J connectivity index is 0.00000129. The minimum atomic E-state index is -1.50. The van der Waals surface area contributed by atoms with Crippen molar-refractivity contribution in [2.75, 3.05) is 14.1 Å². The first kappa shape index (κ1) is 23.4. The van der Waals surface area contributed by atoms with Crippen LogP contribution in [0.5, 0.6) is 0 Å². The normalized spacial score (nSPS) is 13.0. The summed E-state index contributed by atoms with van der Waals surface area (Å²) in [4.78, 5) is 10.7. The molecule has 25 heavy (non-hydrogen) atoms. The molecule has 1 rings (SSSR count). The first-order chi connectivity index (χ1) is 11.9.